The van der Waals surface area contributed by atoms with Crippen LogP contribution in [0.1, 0.15) is 12.5 Å². The van der Waals surface area contributed by atoms with Gasteiger partial charge in [0.05, 0.1) is 11.6 Å². The van der Waals surface area contributed by atoms with Crippen LogP contribution in [0.4, 0.5) is 5.82 Å². The van der Waals surface area contributed by atoms with Gasteiger partial charge in [0.2, 0.25) is 0 Å². The van der Waals surface area contributed by atoms with Crippen LogP contribution in [0.25, 0.3) is 0 Å². The number of rotatable bonds is 3. The van der Waals surface area contributed by atoms with Gasteiger partial charge in [-0.3, -0.25) is 0 Å². The molecule has 0 spiro atoms. The fourth-order valence-corrected chi connectivity index (χ4v) is 0.871. The predicted molar refractivity (Wildman–Crippen MR) is 52.2 cm³/mol. The monoisotopic (exact) mass is 173 g/mol. The van der Waals surface area contributed by atoms with Crippen molar-refractivity contribution in [1.29, 1.82) is 5.26 Å². The van der Waals surface area contributed by atoms with E-state index in [1.807, 2.05) is 6.92 Å². The van der Waals surface area contributed by atoms with Gasteiger partial charge in [-0.25, -0.2) is 4.98 Å². The third-order valence-electron chi connectivity index (χ3n) is 1.62. The highest BCUT2D eigenvalue weighted by Crippen LogP contribution is 2.06. The Labute approximate surface area is 77.7 Å². The minimum atomic E-state index is 0.154. The molecule has 13 heavy (non-hydrogen) atoms. The Kier molecular flexibility index (Phi) is 3.04. The smallest absolute Gasteiger partial charge is 0.127 e. The average Bonchev–Trinajstić information content (AvgIpc) is 2.18. The fraction of sp³-hybridized carbons (Fsp3) is 0.200. The van der Waals surface area contributed by atoms with Crippen molar-refractivity contribution >= 4 is 5.82 Å². The molecule has 0 amide bonds. The van der Waals surface area contributed by atoms with Crippen LogP contribution in [0, 0.1) is 11.3 Å². The molecule has 1 unspecified atom stereocenters. The number of nitriles is 1. The van der Waals surface area contributed by atoms with Crippen molar-refractivity contribution in [3.63, 3.8) is 0 Å². The summed E-state index contributed by atoms with van der Waals surface area (Å²) in [7, 11) is 0. The van der Waals surface area contributed by atoms with E-state index < -0.39 is 0 Å². The first kappa shape index (κ1) is 9.27. The first-order valence-corrected chi connectivity index (χ1v) is 4.01. The number of nitrogens with one attached hydrogen (secondary N) is 1. The summed E-state index contributed by atoms with van der Waals surface area (Å²) in [5.74, 6) is 0.700. The van der Waals surface area contributed by atoms with E-state index in [2.05, 4.69) is 22.9 Å². The van der Waals surface area contributed by atoms with Gasteiger partial charge in [0.1, 0.15) is 5.82 Å². The molecule has 1 aromatic heterocycles. The second-order valence-electron chi connectivity index (χ2n) is 2.71. The maximum absolute atomic E-state index is 8.63. The van der Waals surface area contributed by atoms with E-state index in [-0.39, 0.29) is 6.04 Å². The average molecular weight is 173 g/mol. The van der Waals surface area contributed by atoms with Crippen LogP contribution in [0.15, 0.2) is 31.0 Å². The Hall–Kier alpha value is -1.82. The van der Waals surface area contributed by atoms with Crippen LogP contribution in [0.2, 0.25) is 0 Å². The second kappa shape index (κ2) is 4.27. The Morgan fingerprint density at radius 1 is 1.77 bits per heavy atom. The van der Waals surface area contributed by atoms with E-state index in [4.69, 9.17) is 5.26 Å². The molecule has 0 saturated carbocycles. The van der Waals surface area contributed by atoms with Crippen molar-refractivity contribution in [1.82, 2.24) is 4.98 Å². The van der Waals surface area contributed by atoms with Gasteiger partial charge < -0.3 is 5.32 Å². The van der Waals surface area contributed by atoms with E-state index in [1.165, 1.54) is 0 Å². The van der Waals surface area contributed by atoms with Crippen LogP contribution in [0.5, 0.6) is 0 Å². The summed E-state index contributed by atoms with van der Waals surface area (Å²) < 4.78 is 0. The van der Waals surface area contributed by atoms with Gasteiger partial charge in [-0.2, -0.15) is 5.26 Å². The molecular weight excluding hydrogens is 162 g/mol. The van der Waals surface area contributed by atoms with Crippen LogP contribution in [-0.2, 0) is 0 Å². The van der Waals surface area contributed by atoms with E-state index in [1.54, 1.807) is 24.4 Å². The lowest BCUT2D eigenvalue weighted by Crippen LogP contribution is -2.12. The quantitative estimate of drug-likeness (QED) is 0.710. The SMILES string of the molecule is C=CC(C)Nc1cc(C#N)ccn1. The van der Waals surface area contributed by atoms with Gasteiger partial charge in [0, 0.05) is 12.2 Å². The van der Waals surface area contributed by atoms with E-state index in [0.717, 1.165) is 0 Å². The summed E-state index contributed by atoms with van der Waals surface area (Å²) in [6.07, 6.45) is 3.39. The molecule has 0 fully saturated rings. The summed E-state index contributed by atoms with van der Waals surface area (Å²) in [6.45, 7) is 5.61. The van der Waals surface area contributed by atoms with E-state index in [0.29, 0.717) is 11.4 Å². The molecule has 1 heterocycles. The molecule has 3 nitrogen and oxygen atoms in total. The first-order chi connectivity index (χ1) is 6.26. The van der Waals surface area contributed by atoms with Crippen LogP contribution >= 0.6 is 0 Å². The normalized spacial score (nSPS) is 11.4. The Morgan fingerprint density at radius 2 is 2.54 bits per heavy atom. The van der Waals surface area contributed by atoms with E-state index in [9.17, 15) is 0 Å². The van der Waals surface area contributed by atoms with Crippen molar-refractivity contribution in [3.8, 4) is 6.07 Å². The maximum Gasteiger partial charge on any atom is 0.127 e. The van der Waals surface area contributed by atoms with Gasteiger partial charge >= 0.3 is 0 Å². The van der Waals surface area contributed by atoms with Crippen molar-refractivity contribution in [3.05, 3.63) is 36.5 Å². The molecule has 0 aromatic carbocycles. The predicted octanol–water partition coefficient (Wildman–Crippen LogP) is 1.94. The molecule has 0 radical (unpaired) electrons. The summed E-state index contributed by atoms with van der Waals surface area (Å²) in [6, 6.07) is 5.59. The van der Waals surface area contributed by atoms with Crippen LogP contribution < -0.4 is 5.32 Å². The molecule has 1 N–H and O–H groups in total. The Balaban J connectivity index is 2.78. The third kappa shape index (κ3) is 2.60. The summed E-state index contributed by atoms with van der Waals surface area (Å²) in [5.41, 5.74) is 0.605. The lowest BCUT2D eigenvalue weighted by Gasteiger charge is -2.08. The maximum atomic E-state index is 8.63. The molecule has 1 atom stereocenters. The lowest BCUT2D eigenvalue weighted by atomic mass is 10.2. The van der Waals surface area contributed by atoms with Crippen molar-refractivity contribution in [2.75, 3.05) is 5.32 Å². The Morgan fingerprint density at radius 3 is 3.15 bits per heavy atom. The molecule has 66 valence electrons. The van der Waals surface area contributed by atoms with Gasteiger partial charge in [0.15, 0.2) is 0 Å². The Bertz CT molecular complexity index is 338. The van der Waals surface area contributed by atoms with Crippen molar-refractivity contribution in [2.45, 2.75) is 13.0 Å². The zero-order valence-corrected chi connectivity index (χ0v) is 7.49. The molecule has 1 rings (SSSR count). The number of hydrogen-bond acceptors (Lipinski definition) is 3. The van der Waals surface area contributed by atoms with Gasteiger partial charge in [-0.05, 0) is 19.1 Å². The summed E-state index contributed by atoms with van der Waals surface area (Å²) in [4.78, 5) is 4.07. The highest BCUT2D eigenvalue weighted by atomic mass is 15.0. The minimum absolute atomic E-state index is 0.154. The van der Waals surface area contributed by atoms with Gasteiger partial charge in [0.25, 0.3) is 0 Å². The number of nitrogens with zero attached hydrogens (tertiary/aromatic N) is 2. The first-order valence-electron chi connectivity index (χ1n) is 4.01. The van der Waals surface area contributed by atoms with Crippen LogP contribution in [0.3, 0.4) is 0 Å². The fourth-order valence-electron chi connectivity index (χ4n) is 0.871. The zero-order valence-electron chi connectivity index (χ0n) is 7.49. The third-order valence-corrected chi connectivity index (χ3v) is 1.62. The van der Waals surface area contributed by atoms with Gasteiger partial charge in [-0.15, -0.1) is 6.58 Å². The molecule has 0 bridgehead atoms. The van der Waals surface area contributed by atoms with Crippen molar-refractivity contribution < 1.29 is 0 Å². The molecular formula is C10H11N3. The molecule has 0 aliphatic carbocycles. The highest BCUT2D eigenvalue weighted by molar-refractivity contribution is 5.43. The van der Waals surface area contributed by atoms with E-state index >= 15 is 0 Å². The van der Waals surface area contributed by atoms with Gasteiger partial charge in [-0.1, -0.05) is 6.08 Å². The molecule has 0 aliphatic heterocycles. The number of aromatic nitrogens is 1. The number of anilines is 1. The van der Waals surface area contributed by atoms with Crippen LogP contribution in [-0.4, -0.2) is 11.0 Å². The number of hydrogen-bond donors (Lipinski definition) is 1. The topological polar surface area (TPSA) is 48.7 Å². The number of pyridine rings is 1. The minimum Gasteiger partial charge on any atom is -0.364 e. The zero-order chi connectivity index (χ0) is 9.68. The second-order valence-corrected chi connectivity index (χ2v) is 2.71. The molecule has 1 aromatic rings. The molecule has 0 aliphatic rings. The molecule has 0 saturated heterocycles. The van der Waals surface area contributed by atoms with Crippen molar-refractivity contribution in [2.24, 2.45) is 0 Å². The lowest BCUT2D eigenvalue weighted by molar-refractivity contribution is 0.983. The standard InChI is InChI=1S/C10H11N3/c1-3-8(2)13-10-6-9(7-11)4-5-12-10/h3-6,8H,1H2,2H3,(H,12,13). The molecule has 3 heteroatoms. The summed E-state index contributed by atoms with van der Waals surface area (Å²) >= 11 is 0. The highest BCUT2D eigenvalue weighted by Gasteiger charge is 1.98. The summed E-state index contributed by atoms with van der Waals surface area (Å²) in [5, 5.41) is 11.7. The largest absolute Gasteiger partial charge is 0.364 e.